The zero-order valence-electron chi connectivity index (χ0n) is 15.3. The quantitative estimate of drug-likeness (QED) is 0.667. The van der Waals surface area contributed by atoms with Crippen molar-refractivity contribution in [3.05, 3.63) is 76.0 Å². The first kappa shape index (κ1) is 17.7. The lowest BCUT2D eigenvalue weighted by atomic mass is 10.0. The lowest BCUT2D eigenvalue weighted by molar-refractivity contribution is 0.794. The monoisotopic (exact) mass is 349 g/mol. The fraction of sp³-hybridized carbons (Fsp3) is 0.250. The van der Waals surface area contributed by atoms with E-state index in [9.17, 15) is 4.79 Å². The summed E-state index contributed by atoms with van der Waals surface area (Å²) in [6.07, 6.45) is 1.68. The lowest BCUT2D eigenvalue weighted by Crippen LogP contribution is -2.29. The average molecular weight is 349 g/mol. The largest absolute Gasteiger partial charge is 0.356 e. The minimum absolute atomic E-state index is 0.250. The van der Waals surface area contributed by atoms with E-state index in [4.69, 9.17) is 0 Å². The second-order valence-electron chi connectivity index (χ2n) is 5.96. The molecule has 3 rings (SSSR count). The van der Waals surface area contributed by atoms with Crippen LogP contribution in [-0.2, 0) is 12.8 Å². The normalized spacial score (nSPS) is 10.6. The van der Waals surface area contributed by atoms with E-state index in [0.717, 1.165) is 35.3 Å². The van der Waals surface area contributed by atoms with Gasteiger partial charge in [0.25, 0.3) is 0 Å². The molecule has 0 radical (unpaired) electrons. The van der Waals surface area contributed by atoms with E-state index < -0.39 is 0 Å². The van der Waals surface area contributed by atoms with Crippen molar-refractivity contribution in [1.82, 2.24) is 14.5 Å². The van der Waals surface area contributed by atoms with E-state index in [1.54, 1.807) is 4.57 Å². The van der Waals surface area contributed by atoms with Gasteiger partial charge in [0.15, 0.2) is 0 Å². The smallest absolute Gasteiger partial charge is 0.298 e. The molecule has 0 unspecified atom stereocenters. The van der Waals surface area contributed by atoms with Gasteiger partial charge in [-0.2, -0.15) is 9.97 Å². The highest BCUT2D eigenvalue weighted by Crippen LogP contribution is 2.21. The molecule has 134 valence electrons. The van der Waals surface area contributed by atoms with Crippen molar-refractivity contribution in [1.29, 1.82) is 0 Å². The van der Waals surface area contributed by atoms with Gasteiger partial charge < -0.3 is 0 Å². The third-order valence-corrected chi connectivity index (χ3v) is 4.27. The Bertz CT molecular complexity index is 928. The number of hydrogen-bond donors (Lipinski definition) is 2. The molecule has 0 spiro atoms. The topological polar surface area (TPSA) is 71.8 Å². The van der Waals surface area contributed by atoms with Gasteiger partial charge in [-0.1, -0.05) is 50.2 Å². The van der Waals surface area contributed by atoms with Crippen molar-refractivity contribution < 1.29 is 0 Å². The van der Waals surface area contributed by atoms with Crippen LogP contribution in [0.1, 0.15) is 30.8 Å². The molecule has 3 aromatic rings. The zero-order chi connectivity index (χ0) is 18.5. The Labute approximate surface area is 152 Å². The molecule has 0 aliphatic rings. The fourth-order valence-corrected chi connectivity index (χ4v) is 2.97. The fourth-order valence-electron chi connectivity index (χ4n) is 2.97. The Hall–Kier alpha value is -3.15. The summed E-state index contributed by atoms with van der Waals surface area (Å²) in [6.45, 7) is 5.99. The molecule has 1 heterocycles. The summed E-state index contributed by atoms with van der Waals surface area (Å²) in [4.78, 5) is 21.3. The zero-order valence-corrected chi connectivity index (χ0v) is 15.3. The molecule has 26 heavy (non-hydrogen) atoms. The van der Waals surface area contributed by atoms with Crippen LogP contribution in [-0.4, -0.2) is 14.5 Å². The van der Waals surface area contributed by atoms with E-state index in [-0.39, 0.29) is 11.6 Å². The molecule has 0 atom stereocenters. The molecule has 6 heteroatoms. The highest BCUT2D eigenvalue weighted by atomic mass is 16.1. The number of aromatic nitrogens is 3. The summed E-state index contributed by atoms with van der Waals surface area (Å²) in [5.41, 5.74) is 9.54. The third-order valence-electron chi connectivity index (χ3n) is 4.27. The number of nitrogens with one attached hydrogen (secondary N) is 2. The molecule has 6 nitrogen and oxygen atoms in total. The third kappa shape index (κ3) is 3.59. The van der Waals surface area contributed by atoms with Gasteiger partial charge in [0, 0.05) is 0 Å². The number of hydrazine groups is 1. The number of rotatable bonds is 6. The minimum atomic E-state index is -0.342. The maximum absolute atomic E-state index is 12.8. The minimum Gasteiger partial charge on any atom is -0.298 e. The molecule has 0 saturated heterocycles. The first-order valence-corrected chi connectivity index (χ1v) is 8.80. The molecule has 0 fully saturated rings. The maximum Gasteiger partial charge on any atom is 0.356 e. The van der Waals surface area contributed by atoms with E-state index >= 15 is 0 Å². The molecule has 1 aromatic heterocycles. The van der Waals surface area contributed by atoms with E-state index in [2.05, 4.69) is 34.7 Å². The van der Waals surface area contributed by atoms with Crippen molar-refractivity contribution in [2.45, 2.75) is 33.6 Å². The molecule has 0 aliphatic carbocycles. The van der Waals surface area contributed by atoms with Crippen molar-refractivity contribution >= 4 is 11.6 Å². The predicted molar refractivity (Wildman–Crippen MR) is 105 cm³/mol. The summed E-state index contributed by atoms with van der Waals surface area (Å²) >= 11 is 0. The van der Waals surface area contributed by atoms with Crippen LogP contribution in [0.25, 0.3) is 5.69 Å². The van der Waals surface area contributed by atoms with Crippen LogP contribution < -0.4 is 16.5 Å². The van der Waals surface area contributed by atoms with Crippen molar-refractivity contribution in [3.8, 4) is 5.69 Å². The van der Waals surface area contributed by atoms with Crippen LogP contribution in [0.5, 0.6) is 0 Å². The molecular formula is C20H23N5O. The van der Waals surface area contributed by atoms with Gasteiger partial charge in [0.2, 0.25) is 5.95 Å². The van der Waals surface area contributed by atoms with Crippen molar-refractivity contribution in [2.75, 3.05) is 10.9 Å². The van der Waals surface area contributed by atoms with Crippen LogP contribution in [0.4, 0.5) is 11.6 Å². The van der Waals surface area contributed by atoms with Gasteiger partial charge in [0.05, 0.1) is 11.4 Å². The summed E-state index contributed by atoms with van der Waals surface area (Å²) in [5.74, 6) is 0.845. The number of hydrogen-bond acceptors (Lipinski definition) is 5. The van der Waals surface area contributed by atoms with Gasteiger partial charge in [-0.15, -0.1) is 0 Å². The second-order valence-corrected chi connectivity index (χ2v) is 5.96. The summed E-state index contributed by atoms with van der Waals surface area (Å²) in [7, 11) is 0. The number of para-hydroxylation sites is 2. The van der Waals surface area contributed by atoms with E-state index in [1.807, 2.05) is 55.5 Å². The molecule has 0 aliphatic heterocycles. The predicted octanol–water partition coefficient (Wildman–Crippen LogP) is 3.50. The van der Waals surface area contributed by atoms with Gasteiger partial charge >= 0.3 is 5.69 Å². The molecule has 2 aromatic carbocycles. The lowest BCUT2D eigenvalue weighted by Gasteiger charge is -2.17. The van der Waals surface area contributed by atoms with Gasteiger partial charge in [0.1, 0.15) is 5.82 Å². The number of nitrogens with zero attached hydrogens (tertiary/aromatic N) is 3. The summed E-state index contributed by atoms with van der Waals surface area (Å²) in [5, 5.41) is 0. The molecule has 0 amide bonds. The Morgan fingerprint density at radius 3 is 2.12 bits per heavy atom. The van der Waals surface area contributed by atoms with Gasteiger partial charge in [-0.3, -0.25) is 10.9 Å². The molecular weight excluding hydrogens is 326 g/mol. The average Bonchev–Trinajstić information content (AvgIpc) is 2.66. The highest BCUT2D eigenvalue weighted by Gasteiger charge is 2.15. The van der Waals surface area contributed by atoms with Crippen LogP contribution in [0.15, 0.2) is 53.3 Å². The number of benzene rings is 2. The standard InChI is InChI=1S/C20H23N5O/c1-4-15-10-9-11-16(5-2)18(15)25-14(3)21-19(22-20(25)26)24-23-17-12-7-6-8-13-17/h6-13,23H,4-5H2,1-3H3,(H,22,24,26). The van der Waals surface area contributed by atoms with Gasteiger partial charge in [-0.25, -0.2) is 9.36 Å². The van der Waals surface area contributed by atoms with E-state index in [1.165, 1.54) is 0 Å². The first-order chi connectivity index (χ1) is 12.6. The van der Waals surface area contributed by atoms with Crippen LogP contribution in [0.3, 0.4) is 0 Å². The van der Waals surface area contributed by atoms with Crippen LogP contribution in [0.2, 0.25) is 0 Å². The molecule has 0 saturated carbocycles. The number of anilines is 2. The van der Waals surface area contributed by atoms with Crippen LogP contribution in [0, 0.1) is 6.92 Å². The Kier molecular flexibility index (Phi) is 5.31. The van der Waals surface area contributed by atoms with E-state index in [0.29, 0.717) is 5.82 Å². The second kappa shape index (κ2) is 7.82. The highest BCUT2D eigenvalue weighted by molar-refractivity contribution is 5.50. The Balaban J connectivity index is 1.98. The maximum atomic E-state index is 12.8. The van der Waals surface area contributed by atoms with Crippen molar-refractivity contribution in [3.63, 3.8) is 0 Å². The molecule has 2 N–H and O–H groups in total. The van der Waals surface area contributed by atoms with Crippen molar-refractivity contribution in [2.24, 2.45) is 0 Å². The summed E-state index contributed by atoms with van der Waals surface area (Å²) < 4.78 is 1.60. The SMILES string of the molecule is CCc1cccc(CC)c1-n1c(C)nc(NNc2ccccc2)nc1=O. The Morgan fingerprint density at radius 2 is 1.54 bits per heavy atom. The summed E-state index contributed by atoms with van der Waals surface area (Å²) in [6, 6.07) is 15.7. The number of aryl methyl sites for hydroxylation is 3. The van der Waals surface area contributed by atoms with Crippen LogP contribution >= 0.6 is 0 Å². The first-order valence-electron chi connectivity index (χ1n) is 8.80. The van der Waals surface area contributed by atoms with Gasteiger partial charge in [-0.05, 0) is 43.0 Å². The molecule has 0 bridgehead atoms. The Morgan fingerprint density at radius 1 is 0.885 bits per heavy atom.